The van der Waals surface area contributed by atoms with Gasteiger partial charge in [0.1, 0.15) is 0 Å². The molecule has 0 radical (unpaired) electrons. The highest BCUT2D eigenvalue weighted by molar-refractivity contribution is 5.75. The molecular weight excluding hydrogens is 592 g/mol. The second-order valence-electron chi connectivity index (χ2n) is 6.98. The van der Waals surface area contributed by atoms with Crippen LogP contribution in [-0.2, 0) is 19.2 Å². The van der Waals surface area contributed by atoms with Gasteiger partial charge in [0.15, 0.2) is 0 Å². The molecule has 0 aliphatic rings. The van der Waals surface area contributed by atoms with E-state index in [1.807, 2.05) is 165 Å². The van der Waals surface area contributed by atoms with Crippen LogP contribution < -0.4 is 32.7 Å². The van der Waals surface area contributed by atoms with Crippen molar-refractivity contribution in [1.29, 1.82) is 0 Å². The van der Waals surface area contributed by atoms with Gasteiger partial charge >= 0.3 is 0 Å². The van der Waals surface area contributed by atoms with E-state index in [-0.39, 0.29) is 43.6 Å². The molecule has 0 saturated carbocycles. The van der Waals surface area contributed by atoms with Crippen LogP contribution >= 0.6 is 0 Å². The molecule has 10 nitrogen and oxygen atoms in total. The molecule has 0 aliphatic heterocycles. The summed E-state index contributed by atoms with van der Waals surface area (Å²) in [5, 5.41) is 9.51. The summed E-state index contributed by atoms with van der Waals surface area (Å²) in [5.74, 6) is -0.470. The molecule has 0 heterocycles. The van der Waals surface area contributed by atoms with Crippen LogP contribution in [-0.4, -0.2) is 43.6 Å². The van der Waals surface area contributed by atoms with Gasteiger partial charge in [0, 0.05) is 27.7 Å². The minimum atomic E-state index is -0.149. The Kier molecular flexibility index (Phi) is 79.6. The van der Waals surface area contributed by atoms with Gasteiger partial charge in [-0.2, -0.15) is 0 Å². The zero-order valence-corrected chi connectivity index (χ0v) is 31.3. The number of rotatable bonds is 4. The zero-order valence-electron chi connectivity index (χ0n) is 31.3. The van der Waals surface area contributed by atoms with Crippen molar-refractivity contribution < 1.29 is 19.2 Å². The van der Waals surface area contributed by atoms with E-state index in [2.05, 4.69) is 21.3 Å². The van der Waals surface area contributed by atoms with Gasteiger partial charge < -0.3 is 32.7 Å². The minimum absolute atomic E-state index is 0.0856. The van der Waals surface area contributed by atoms with Crippen LogP contribution in [0.15, 0.2) is 109 Å². The summed E-state index contributed by atoms with van der Waals surface area (Å²) < 4.78 is 0. The smallest absolute Gasteiger partial charge is 0.218 e. The van der Waals surface area contributed by atoms with Gasteiger partial charge in [0.25, 0.3) is 0 Å². The molecule has 0 unspecified atom stereocenters. The first-order chi connectivity index (χ1) is 22.7. The van der Waals surface area contributed by atoms with Crippen molar-refractivity contribution in [2.24, 2.45) is 11.5 Å². The minimum Gasteiger partial charge on any atom is -0.344 e. The van der Waals surface area contributed by atoms with Gasteiger partial charge in [-0.15, -0.1) is 0 Å². The van der Waals surface area contributed by atoms with Gasteiger partial charge in [-0.25, -0.2) is 0 Å². The molecule has 3 aromatic carbocycles. The number of amides is 4. The van der Waals surface area contributed by atoms with Crippen LogP contribution in [0.4, 0.5) is 0 Å². The van der Waals surface area contributed by atoms with E-state index >= 15 is 0 Å². The third kappa shape index (κ3) is 99.6. The fraction of sp³-hybridized carbons (Fsp3) is 0.405. The Morgan fingerprint density at radius 1 is 0.340 bits per heavy atom. The molecular formula is C37H68N6O4. The Balaban J connectivity index is -0.0000000786. The first-order valence-electron chi connectivity index (χ1n) is 16.0. The van der Waals surface area contributed by atoms with Crippen molar-refractivity contribution >= 4 is 23.6 Å². The van der Waals surface area contributed by atoms with E-state index in [1.54, 1.807) is 0 Å². The molecule has 0 aliphatic carbocycles. The second kappa shape index (κ2) is 64.4. The van der Waals surface area contributed by atoms with E-state index < -0.39 is 0 Å². The van der Waals surface area contributed by atoms with Crippen molar-refractivity contribution in [2.45, 2.75) is 83.1 Å². The largest absolute Gasteiger partial charge is 0.344 e. The summed E-state index contributed by atoms with van der Waals surface area (Å²) in [6.07, 6.45) is 0. The summed E-state index contributed by atoms with van der Waals surface area (Å²) in [4.78, 5) is 40.0. The Morgan fingerprint density at radius 3 is 0.532 bits per heavy atom. The maximum Gasteiger partial charge on any atom is 0.218 e. The molecule has 3 rings (SSSR count). The molecule has 47 heavy (non-hydrogen) atoms. The summed E-state index contributed by atoms with van der Waals surface area (Å²) in [5.41, 5.74) is 9.80. The van der Waals surface area contributed by atoms with Crippen molar-refractivity contribution in [1.82, 2.24) is 21.3 Å². The fourth-order valence-electron chi connectivity index (χ4n) is 1.74. The fourth-order valence-corrected chi connectivity index (χ4v) is 1.74. The van der Waals surface area contributed by atoms with Crippen LogP contribution in [0.2, 0.25) is 0 Å². The predicted octanol–water partition coefficient (Wildman–Crippen LogP) is 6.46. The number of carbonyl (C=O) groups is 4. The highest BCUT2D eigenvalue weighted by Crippen LogP contribution is 1.81. The van der Waals surface area contributed by atoms with E-state index in [1.165, 1.54) is 27.7 Å². The lowest BCUT2D eigenvalue weighted by atomic mass is 10.4. The van der Waals surface area contributed by atoms with Gasteiger partial charge in [0.05, 0.1) is 20.0 Å². The number of nitrogens with one attached hydrogen (secondary N) is 4. The first-order valence-corrected chi connectivity index (χ1v) is 16.0. The average molecular weight is 661 g/mol. The third-order valence-corrected chi connectivity index (χ3v) is 3.38. The molecule has 0 aromatic heterocycles. The van der Waals surface area contributed by atoms with Crippen LogP contribution in [0.5, 0.6) is 0 Å². The summed E-state index contributed by atoms with van der Waals surface area (Å²) in [6.45, 7) is 22.3. The molecule has 0 fully saturated rings. The summed E-state index contributed by atoms with van der Waals surface area (Å²) >= 11 is 0. The molecule has 0 saturated heterocycles. The molecule has 4 amide bonds. The van der Waals surface area contributed by atoms with Crippen molar-refractivity contribution in [2.75, 3.05) is 20.0 Å². The molecule has 3 aromatic rings. The summed E-state index contributed by atoms with van der Waals surface area (Å²) in [7, 11) is 0. The Morgan fingerprint density at radius 2 is 0.468 bits per heavy atom. The topological polar surface area (TPSA) is 168 Å². The number of carbonyl (C=O) groups excluding carboxylic acids is 4. The maximum atomic E-state index is 10.2. The van der Waals surface area contributed by atoms with Crippen molar-refractivity contribution in [3.63, 3.8) is 0 Å². The van der Waals surface area contributed by atoms with Gasteiger partial charge in [-0.3, -0.25) is 19.2 Å². The lowest BCUT2D eigenvalue weighted by Crippen LogP contribution is -2.34. The second-order valence-corrected chi connectivity index (χ2v) is 6.98. The quantitative estimate of drug-likeness (QED) is 0.176. The standard InChI is InChI=1S/3C6H6.C5H10N2O2.2C3H8N2O.4C2H6/c3*1-2-4-6-5-3-1;1-4(8)6-3-7-5(2)9;2*1-3(6)5-2-4;4*1-2/h3*1-6H;3H2,1-2H3,(H,6,8)(H,7,9);2*2,4H2,1H3,(H,5,6);4*1-2H3. The van der Waals surface area contributed by atoms with Crippen LogP contribution in [0.1, 0.15) is 83.1 Å². The molecule has 0 bridgehead atoms. The highest BCUT2D eigenvalue weighted by atomic mass is 16.2. The van der Waals surface area contributed by atoms with E-state index in [9.17, 15) is 19.2 Å². The Bertz CT molecular complexity index is 748. The molecule has 8 N–H and O–H groups in total. The Labute approximate surface area is 287 Å². The molecule has 10 heteroatoms. The van der Waals surface area contributed by atoms with Crippen LogP contribution in [0, 0.1) is 0 Å². The van der Waals surface area contributed by atoms with Crippen molar-refractivity contribution in [3.8, 4) is 0 Å². The van der Waals surface area contributed by atoms with Crippen LogP contribution in [0.25, 0.3) is 0 Å². The molecule has 0 atom stereocenters. The Hall–Kier alpha value is -4.54. The summed E-state index contributed by atoms with van der Waals surface area (Å²) in [6, 6.07) is 36.0. The van der Waals surface area contributed by atoms with Crippen LogP contribution in [0.3, 0.4) is 0 Å². The third-order valence-electron chi connectivity index (χ3n) is 3.38. The normalized spacial score (nSPS) is 7.11. The first kappa shape index (κ1) is 58.0. The number of benzene rings is 3. The van der Waals surface area contributed by atoms with Crippen molar-refractivity contribution in [3.05, 3.63) is 109 Å². The number of nitrogens with two attached hydrogens (primary N) is 2. The molecule has 0 spiro atoms. The SMILES string of the molecule is CC.CC.CC.CC.CC(=O)NCN.CC(=O)NCN.CC(=O)NCNC(C)=O.c1ccccc1.c1ccccc1.c1ccccc1. The molecule has 270 valence electrons. The number of hydrogen-bond donors (Lipinski definition) is 6. The van der Waals surface area contributed by atoms with Gasteiger partial charge in [0.2, 0.25) is 23.6 Å². The average Bonchev–Trinajstić information content (AvgIpc) is 3.12. The lowest BCUT2D eigenvalue weighted by molar-refractivity contribution is -0.121. The lowest BCUT2D eigenvalue weighted by Gasteiger charge is -2.00. The van der Waals surface area contributed by atoms with E-state index in [0.717, 1.165) is 0 Å². The maximum absolute atomic E-state index is 10.2. The van der Waals surface area contributed by atoms with Gasteiger partial charge in [-0.1, -0.05) is 165 Å². The zero-order chi connectivity index (χ0) is 38.0. The van der Waals surface area contributed by atoms with E-state index in [0.29, 0.717) is 0 Å². The predicted molar refractivity (Wildman–Crippen MR) is 203 cm³/mol. The van der Waals surface area contributed by atoms with E-state index in [4.69, 9.17) is 11.5 Å². The van der Waals surface area contributed by atoms with Gasteiger partial charge in [-0.05, 0) is 0 Å². The highest BCUT2D eigenvalue weighted by Gasteiger charge is 1.89. The number of hydrogen-bond acceptors (Lipinski definition) is 6. The monoisotopic (exact) mass is 661 g/mol.